The first-order valence-electron chi connectivity index (χ1n) is 8.72. The molecule has 2 atom stereocenters. The average molecular weight is 360 g/mol. The summed E-state index contributed by atoms with van der Waals surface area (Å²) in [6.07, 6.45) is 17.6. The topological polar surface area (TPSA) is 78.4 Å². The van der Waals surface area contributed by atoms with Gasteiger partial charge in [0.05, 0.1) is 6.04 Å². The van der Waals surface area contributed by atoms with E-state index in [2.05, 4.69) is 10.6 Å². The fourth-order valence-electron chi connectivity index (χ4n) is 1.96. The Hall–Kier alpha value is -2.40. The van der Waals surface area contributed by atoms with E-state index in [1.54, 1.807) is 6.92 Å². The van der Waals surface area contributed by atoms with Crippen LogP contribution in [-0.2, 0) is 9.59 Å². The number of hydrogen-bond donors (Lipinski definition) is 3. The smallest absolute Gasteiger partial charge is 0.325 e. The van der Waals surface area contributed by atoms with Crippen molar-refractivity contribution in [3.8, 4) is 0 Å². The van der Waals surface area contributed by atoms with Gasteiger partial charge in [-0.3, -0.25) is 14.9 Å². The van der Waals surface area contributed by atoms with Gasteiger partial charge in [-0.2, -0.15) is 0 Å². The zero-order valence-corrected chi connectivity index (χ0v) is 16.6. The van der Waals surface area contributed by atoms with Gasteiger partial charge in [0.1, 0.15) is 6.04 Å². The number of hydrogen-bond acceptors (Lipinski definition) is 3. The zero-order valence-electron chi connectivity index (χ0n) is 16.6. The largest absolute Gasteiger partial charge is 0.480 e. The molecule has 0 unspecified atom stereocenters. The zero-order chi connectivity index (χ0) is 20.2. The van der Waals surface area contributed by atoms with E-state index in [1.807, 2.05) is 82.4 Å². The van der Waals surface area contributed by atoms with Crippen molar-refractivity contribution < 1.29 is 14.7 Å². The van der Waals surface area contributed by atoms with Crippen LogP contribution in [0.1, 0.15) is 41.5 Å². The summed E-state index contributed by atoms with van der Waals surface area (Å²) in [5.74, 6) is -1.40. The van der Waals surface area contributed by atoms with Crippen molar-refractivity contribution in [3.63, 3.8) is 0 Å². The summed E-state index contributed by atoms with van der Waals surface area (Å²) in [5.41, 5.74) is 0.640. The minimum absolute atomic E-state index is 0.341. The van der Waals surface area contributed by atoms with E-state index in [1.165, 1.54) is 6.92 Å². The number of rotatable bonds is 10. The summed E-state index contributed by atoms with van der Waals surface area (Å²) in [4.78, 5) is 22.9. The Morgan fingerprint density at radius 2 is 1.42 bits per heavy atom. The second-order valence-corrected chi connectivity index (χ2v) is 6.59. The van der Waals surface area contributed by atoms with Crippen LogP contribution >= 0.6 is 0 Å². The highest BCUT2D eigenvalue weighted by Crippen LogP contribution is 2.16. The molecule has 3 N–H and O–H groups in total. The Bertz CT molecular complexity index is 611. The number of carbonyl (C=O) groups excluding carboxylic acids is 1. The minimum atomic E-state index is -1.06. The van der Waals surface area contributed by atoms with Crippen LogP contribution in [0.4, 0.5) is 0 Å². The minimum Gasteiger partial charge on any atom is -0.480 e. The summed E-state index contributed by atoms with van der Waals surface area (Å²) >= 11 is 0. The lowest BCUT2D eigenvalue weighted by atomic mass is 9.93. The lowest BCUT2D eigenvalue weighted by Crippen LogP contribution is -2.54. The summed E-state index contributed by atoms with van der Waals surface area (Å²) in [6.45, 7) is 11.1. The quantitative estimate of drug-likeness (QED) is 0.521. The number of carboxylic acid groups (broad SMARTS) is 1. The maximum Gasteiger partial charge on any atom is 0.325 e. The lowest BCUT2D eigenvalue weighted by molar-refractivity contribution is -0.141. The summed E-state index contributed by atoms with van der Waals surface area (Å²) in [5, 5.41) is 14.6. The van der Waals surface area contributed by atoms with E-state index in [-0.39, 0.29) is 5.91 Å². The van der Waals surface area contributed by atoms with Gasteiger partial charge in [-0.25, -0.2) is 0 Å². The first kappa shape index (κ1) is 23.6. The van der Waals surface area contributed by atoms with Gasteiger partial charge in [0, 0.05) is 5.54 Å². The second-order valence-electron chi connectivity index (χ2n) is 6.59. The van der Waals surface area contributed by atoms with Crippen LogP contribution in [0.2, 0.25) is 0 Å². The third-order valence-electron chi connectivity index (χ3n) is 3.89. The highest BCUT2D eigenvalue weighted by Gasteiger charge is 2.26. The van der Waals surface area contributed by atoms with Crippen LogP contribution < -0.4 is 10.6 Å². The van der Waals surface area contributed by atoms with Gasteiger partial charge >= 0.3 is 5.97 Å². The second kappa shape index (κ2) is 12.0. The molecular weight excluding hydrogens is 328 g/mol. The first-order chi connectivity index (χ1) is 12.1. The molecule has 144 valence electrons. The molecule has 0 heterocycles. The highest BCUT2D eigenvalue weighted by molar-refractivity contribution is 5.86. The number of amides is 1. The van der Waals surface area contributed by atoms with E-state index in [0.29, 0.717) is 0 Å². The number of aliphatic carboxylic acids is 1. The van der Waals surface area contributed by atoms with E-state index in [9.17, 15) is 9.59 Å². The Morgan fingerprint density at radius 3 is 1.92 bits per heavy atom. The van der Waals surface area contributed by atoms with Gasteiger partial charge in [0.25, 0.3) is 0 Å². The summed E-state index contributed by atoms with van der Waals surface area (Å²) in [6, 6.07) is -1.43. The van der Waals surface area contributed by atoms with Gasteiger partial charge in [-0.1, -0.05) is 60.3 Å². The van der Waals surface area contributed by atoms with Crippen LogP contribution in [0, 0.1) is 0 Å². The van der Waals surface area contributed by atoms with Crippen molar-refractivity contribution in [2.45, 2.75) is 59.2 Å². The molecule has 0 saturated heterocycles. The predicted molar refractivity (Wildman–Crippen MR) is 108 cm³/mol. The fraction of sp³-hybridized carbons (Fsp3) is 0.429. The van der Waals surface area contributed by atoms with Gasteiger partial charge < -0.3 is 10.4 Å². The molecule has 0 aromatic heterocycles. The van der Waals surface area contributed by atoms with Crippen LogP contribution in [0.5, 0.6) is 0 Å². The predicted octanol–water partition coefficient (Wildman–Crippen LogP) is 3.52. The van der Waals surface area contributed by atoms with Crippen LogP contribution in [0.25, 0.3) is 0 Å². The SMILES string of the molecule is C/C=C/C=C/C=C/C=C/C=C(\C)C(C)(C)N[C@@H](C)C(=O)N[C@@H](C)C(=O)O. The number of carboxylic acids is 1. The van der Waals surface area contributed by atoms with Crippen molar-refractivity contribution in [1.29, 1.82) is 0 Å². The molecule has 0 radical (unpaired) electrons. The maximum atomic E-state index is 12.1. The highest BCUT2D eigenvalue weighted by atomic mass is 16.4. The third-order valence-corrected chi connectivity index (χ3v) is 3.89. The molecule has 0 aliphatic heterocycles. The van der Waals surface area contributed by atoms with Crippen molar-refractivity contribution >= 4 is 11.9 Å². The molecule has 0 aromatic carbocycles. The number of nitrogens with one attached hydrogen (secondary N) is 2. The molecule has 26 heavy (non-hydrogen) atoms. The molecule has 0 aromatic rings. The normalized spacial score (nSPS) is 16.0. The fourth-order valence-corrected chi connectivity index (χ4v) is 1.96. The van der Waals surface area contributed by atoms with Crippen LogP contribution in [0.15, 0.2) is 60.3 Å². The van der Waals surface area contributed by atoms with Crippen molar-refractivity contribution in [1.82, 2.24) is 10.6 Å². The van der Waals surface area contributed by atoms with E-state index >= 15 is 0 Å². The molecule has 5 heteroatoms. The lowest BCUT2D eigenvalue weighted by Gasteiger charge is -2.31. The van der Waals surface area contributed by atoms with Crippen LogP contribution in [0.3, 0.4) is 0 Å². The number of allylic oxidation sites excluding steroid dienone is 9. The molecule has 0 rings (SSSR count). The van der Waals surface area contributed by atoms with Crippen molar-refractivity contribution in [3.05, 3.63) is 60.3 Å². The van der Waals surface area contributed by atoms with E-state index < -0.39 is 23.6 Å². The monoisotopic (exact) mass is 360 g/mol. The third kappa shape index (κ3) is 9.79. The molecular formula is C21H32N2O3. The van der Waals surface area contributed by atoms with Crippen LogP contribution in [-0.4, -0.2) is 34.6 Å². The van der Waals surface area contributed by atoms with E-state index in [4.69, 9.17) is 5.11 Å². The molecule has 0 bridgehead atoms. The molecule has 0 aliphatic rings. The molecule has 5 nitrogen and oxygen atoms in total. The summed E-state index contributed by atoms with van der Waals surface area (Å²) in [7, 11) is 0. The standard InChI is InChI=1S/C21H32N2O3/c1-7-8-9-10-11-12-13-14-15-16(2)21(5,6)23-17(3)19(24)22-18(4)20(25)26/h7-15,17-18,23H,1-6H3,(H,22,24)(H,25,26)/b8-7+,10-9+,12-11+,14-13+,16-15+/t17-,18-/m0/s1. The van der Waals surface area contributed by atoms with E-state index in [0.717, 1.165) is 5.57 Å². The van der Waals surface area contributed by atoms with Gasteiger partial charge in [-0.05, 0) is 41.5 Å². The Kier molecular flexibility index (Phi) is 10.9. The Labute approximate surface area is 157 Å². The maximum absolute atomic E-state index is 12.1. The molecule has 0 fully saturated rings. The van der Waals surface area contributed by atoms with Gasteiger partial charge in [0.15, 0.2) is 0 Å². The Morgan fingerprint density at radius 1 is 0.923 bits per heavy atom. The number of carbonyl (C=O) groups is 2. The van der Waals surface area contributed by atoms with Crippen molar-refractivity contribution in [2.75, 3.05) is 0 Å². The molecule has 0 saturated carbocycles. The van der Waals surface area contributed by atoms with Gasteiger partial charge in [-0.15, -0.1) is 0 Å². The summed E-state index contributed by atoms with van der Waals surface area (Å²) < 4.78 is 0. The first-order valence-corrected chi connectivity index (χ1v) is 8.72. The van der Waals surface area contributed by atoms with Gasteiger partial charge in [0.2, 0.25) is 5.91 Å². The molecule has 0 spiro atoms. The molecule has 1 amide bonds. The van der Waals surface area contributed by atoms with Crippen molar-refractivity contribution in [2.24, 2.45) is 0 Å². The average Bonchev–Trinajstić information content (AvgIpc) is 2.56. The Balaban J connectivity index is 4.72. The molecule has 0 aliphatic carbocycles.